The van der Waals surface area contributed by atoms with Crippen LogP contribution in [-0.2, 0) is 4.99 Å². The maximum Gasteiger partial charge on any atom is 0.0649 e. The Labute approximate surface area is 63.1 Å². The van der Waals surface area contributed by atoms with Crippen LogP contribution in [0.2, 0.25) is 5.02 Å². The Morgan fingerprint density at radius 2 is 2.30 bits per heavy atom. The molecule has 0 saturated carbocycles. The monoisotopic (exact) mass is 159 g/mol. The molecule has 1 aromatic carbocycles. The minimum atomic E-state index is 0.585. The minimum Gasteiger partial charge on any atom is -0.235 e. The molecule has 0 unspecified atom stereocenters. The van der Waals surface area contributed by atoms with Gasteiger partial charge in [-0.1, -0.05) is 17.7 Å². The van der Waals surface area contributed by atoms with Crippen molar-refractivity contribution in [1.29, 1.82) is 0 Å². The van der Waals surface area contributed by atoms with Crippen molar-refractivity contribution in [3.8, 4) is 0 Å². The first kappa shape index (κ1) is 7.34. The van der Waals surface area contributed by atoms with E-state index < -0.39 is 0 Å². The zero-order valence-electron chi connectivity index (χ0n) is 5.04. The van der Waals surface area contributed by atoms with Gasteiger partial charge in [0.25, 0.3) is 0 Å². The summed E-state index contributed by atoms with van der Waals surface area (Å²) in [5.74, 6) is 0. The van der Waals surface area contributed by atoms with E-state index in [-0.39, 0.29) is 0 Å². The lowest BCUT2D eigenvalue weighted by Gasteiger charge is -1.99. The van der Waals surface area contributed by atoms with Crippen LogP contribution in [0.4, 0.5) is 5.69 Å². The van der Waals surface area contributed by atoms with Crippen LogP contribution in [0.1, 0.15) is 0 Å². The maximum absolute atomic E-state index is 7.96. The van der Waals surface area contributed by atoms with Gasteiger partial charge in [-0.15, -0.1) is 4.99 Å². The quantitative estimate of drug-likeness (QED) is 0.513. The van der Waals surface area contributed by atoms with Crippen LogP contribution in [0.3, 0.4) is 0 Å². The van der Waals surface area contributed by atoms with Gasteiger partial charge in [0.05, 0.1) is 5.69 Å². The van der Waals surface area contributed by atoms with Crippen molar-refractivity contribution in [3.05, 3.63) is 29.3 Å². The van der Waals surface area contributed by atoms with Crippen LogP contribution >= 0.6 is 11.6 Å². The van der Waals surface area contributed by atoms with Crippen molar-refractivity contribution in [3.63, 3.8) is 0 Å². The molecule has 0 heterocycles. The summed E-state index contributed by atoms with van der Waals surface area (Å²) in [4.78, 5) is 3.67. The molecule has 2 N–H and O–H groups in total. The first-order valence-electron chi connectivity index (χ1n) is 2.65. The molecule has 0 atom stereocenters. The number of anilines is 1. The zero-order valence-corrected chi connectivity index (χ0v) is 5.80. The van der Waals surface area contributed by atoms with Crippen LogP contribution in [-0.4, -0.2) is 5.26 Å². The van der Waals surface area contributed by atoms with Gasteiger partial charge in [-0.3, -0.25) is 0 Å². The van der Waals surface area contributed by atoms with E-state index in [9.17, 15) is 0 Å². The van der Waals surface area contributed by atoms with Gasteiger partial charge in [-0.2, -0.15) is 0 Å². The van der Waals surface area contributed by atoms with E-state index >= 15 is 0 Å². The third-order valence-corrected chi connectivity index (χ3v) is 1.22. The SMILES string of the molecule is OONc1cccc(Cl)c1. The molecule has 1 rings (SSSR count). The first-order chi connectivity index (χ1) is 4.83. The molecular weight excluding hydrogens is 154 g/mol. The molecule has 0 amide bonds. The van der Waals surface area contributed by atoms with Crippen LogP contribution in [0.25, 0.3) is 0 Å². The third-order valence-electron chi connectivity index (χ3n) is 0.988. The predicted octanol–water partition coefficient (Wildman–Crippen LogP) is 2.16. The molecule has 0 bridgehead atoms. The van der Waals surface area contributed by atoms with Crippen molar-refractivity contribution in [1.82, 2.24) is 0 Å². The summed E-state index contributed by atoms with van der Waals surface area (Å²) >= 11 is 5.60. The van der Waals surface area contributed by atoms with E-state index in [1.54, 1.807) is 24.3 Å². The normalized spacial score (nSPS) is 9.40. The van der Waals surface area contributed by atoms with Gasteiger partial charge in [0.2, 0.25) is 0 Å². The molecule has 4 heteroatoms. The number of rotatable bonds is 2. The number of halogens is 1. The predicted molar refractivity (Wildman–Crippen MR) is 38.8 cm³/mol. The van der Waals surface area contributed by atoms with Gasteiger partial charge in [-0.05, 0) is 18.2 Å². The highest BCUT2D eigenvalue weighted by Crippen LogP contribution is 2.14. The van der Waals surface area contributed by atoms with Gasteiger partial charge in [0, 0.05) is 5.02 Å². The highest BCUT2D eigenvalue weighted by molar-refractivity contribution is 6.30. The average Bonchev–Trinajstić information content (AvgIpc) is 1.88. The molecule has 0 fully saturated rings. The molecule has 0 aliphatic rings. The summed E-state index contributed by atoms with van der Waals surface area (Å²) < 4.78 is 0. The fourth-order valence-electron chi connectivity index (χ4n) is 0.605. The van der Waals surface area contributed by atoms with E-state index in [2.05, 4.69) is 10.5 Å². The summed E-state index contributed by atoms with van der Waals surface area (Å²) in [6, 6.07) is 6.80. The standard InChI is InChI=1S/C6H6ClNO2/c7-5-2-1-3-6(4-5)8-10-9/h1-4,8-9H. The second-order valence-corrected chi connectivity index (χ2v) is 2.14. The summed E-state index contributed by atoms with van der Waals surface area (Å²) in [5.41, 5.74) is 2.83. The van der Waals surface area contributed by atoms with Crippen molar-refractivity contribution >= 4 is 17.3 Å². The Morgan fingerprint density at radius 1 is 1.50 bits per heavy atom. The van der Waals surface area contributed by atoms with Gasteiger partial charge in [0.15, 0.2) is 0 Å². The highest BCUT2D eigenvalue weighted by Gasteiger charge is 1.90. The maximum atomic E-state index is 7.96. The molecule has 54 valence electrons. The van der Waals surface area contributed by atoms with Crippen LogP contribution in [0.15, 0.2) is 24.3 Å². The number of benzene rings is 1. The lowest BCUT2D eigenvalue weighted by Crippen LogP contribution is -1.94. The van der Waals surface area contributed by atoms with E-state index in [0.29, 0.717) is 10.7 Å². The molecule has 3 nitrogen and oxygen atoms in total. The zero-order chi connectivity index (χ0) is 7.40. The summed E-state index contributed by atoms with van der Waals surface area (Å²) in [6.07, 6.45) is 0. The van der Waals surface area contributed by atoms with E-state index in [1.807, 2.05) is 0 Å². The van der Waals surface area contributed by atoms with Crippen LogP contribution < -0.4 is 5.48 Å². The van der Waals surface area contributed by atoms with E-state index in [1.165, 1.54) is 0 Å². The highest BCUT2D eigenvalue weighted by atomic mass is 35.5. The van der Waals surface area contributed by atoms with Gasteiger partial charge < -0.3 is 0 Å². The smallest absolute Gasteiger partial charge is 0.0649 e. The van der Waals surface area contributed by atoms with Crippen LogP contribution in [0, 0.1) is 0 Å². The second-order valence-electron chi connectivity index (χ2n) is 1.70. The molecule has 1 aromatic rings. The lowest BCUT2D eigenvalue weighted by molar-refractivity contribution is -0.215. The number of nitrogens with one attached hydrogen (secondary N) is 1. The molecule has 0 radical (unpaired) electrons. The molecule has 0 aromatic heterocycles. The van der Waals surface area contributed by atoms with Crippen molar-refractivity contribution in [2.45, 2.75) is 0 Å². The summed E-state index contributed by atoms with van der Waals surface area (Å²) in [6.45, 7) is 0. The fourth-order valence-corrected chi connectivity index (χ4v) is 0.795. The number of hydrogen-bond donors (Lipinski definition) is 2. The van der Waals surface area contributed by atoms with E-state index in [4.69, 9.17) is 16.9 Å². The topological polar surface area (TPSA) is 41.5 Å². The van der Waals surface area contributed by atoms with Crippen LogP contribution in [0.5, 0.6) is 0 Å². The second kappa shape index (κ2) is 3.41. The van der Waals surface area contributed by atoms with Gasteiger partial charge in [0.1, 0.15) is 0 Å². The molecule has 0 aliphatic heterocycles. The summed E-state index contributed by atoms with van der Waals surface area (Å²) in [5, 5.41) is 8.54. The molecule has 0 spiro atoms. The lowest BCUT2D eigenvalue weighted by atomic mass is 10.3. The fraction of sp³-hybridized carbons (Fsp3) is 0. The van der Waals surface area contributed by atoms with Gasteiger partial charge >= 0.3 is 0 Å². The minimum absolute atomic E-state index is 0.585. The Hall–Kier alpha value is -0.770. The molecular formula is C6H6ClNO2. The average molecular weight is 160 g/mol. The first-order valence-corrected chi connectivity index (χ1v) is 3.03. The number of hydrogen-bond acceptors (Lipinski definition) is 3. The Kier molecular flexibility index (Phi) is 2.50. The third kappa shape index (κ3) is 1.88. The molecule has 0 saturated heterocycles. The van der Waals surface area contributed by atoms with Crippen molar-refractivity contribution in [2.24, 2.45) is 0 Å². The Bertz CT molecular complexity index is 217. The summed E-state index contributed by atoms with van der Waals surface area (Å²) in [7, 11) is 0. The van der Waals surface area contributed by atoms with Crippen molar-refractivity contribution < 1.29 is 10.2 Å². The molecule has 0 aliphatic carbocycles. The largest absolute Gasteiger partial charge is 0.235 e. The Balaban J connectivity index is 2.75. The van der Waals surface area contributed by atoms with E-state index in [0.717, 1.165) is 0 Å². The molecule has 10 heavy (non-hydrogen) atoms. The van der Waals surface area contributed by atoms with Crippen molar-refractivity contribution in [2.75, 3.05) is 5.48 Å². The Morgan fingerprint density at radius 3 is 2.90 bits per heavy atom. The van der Waals surface area contributed by atoms with Gasteiger partial charge in [-0.25, -0.2) is 10.7 Å².